The second-order valence-electron chi connectivity index (χ2n) is 5.89. The zero-order chi connectivity index (χ0) is 21.3. The van der Waals surface area contributed by atoms with E-state index in [4.69, 9.17) is 21.1 Å². The van der Waals surface area contributed by atoms with Gasteiger partial charge in [-0.2, -0.15) is 10.5 Å². The molecule has 0 fully saturated rings. The van der Waals surface area contributed by atoms with E-state index in [-0.39, 0.29) is 16.3 Å². The van der Waals surface area contributed by atoms with Gasteiger partial charge in [0.2, 0.25) is 0 Å². The van der Waals surface area contributed by atoms with Crippen molar-refractivity contribution in [1.82, 2.24) is 15.0 Å². The molecule has 150 valence electrons. The SMILES string of the molecule is COCCOc1ccc(-c2c(C#N)c(Cl)nc(SCc3ccccn3)c2C#N)nc1. The normalized spacial score (nSPS) is 10.3. The van der Waals surface area contributed by atoms with Gasteiger partial charge in [-0.3, -0.25) is 9.97 Å². The molecule has 0 unspecified atom stereocenters. The van der Waals surface area contributed by atoms with Crippen molar-refractivity contribution in [2.24, 2.45) is 0 Å². The standard InChI is InChI=1S/C21H16ClN5O2S/c1-28-8-9-29-15-5-6-18(26-12-15)19-16(10-23)20(22)27-21(17(19)11-24)30-13-14-4-2-3-7-25-14/h2-7,12H,8-9,13H2,1H3. The Kier molecular flexibility index (Phi) is 7.58. The predicted octanol–water partition coefficient (Wildman–Crippen LogP) is 4.25. The number of rotatable bonds is 8. The van der Waals surface area contributed by atoms with Crippen molar-refractivity contribution in [2.45, 2.75) is 10.8 Å². The molecule has 0 bridgehead atoms. The quantitative estimate of drug-likeness (QED) is 0.292. The molecule has 0 N–H and O–H groups in total. The summed E-state index contributed by atoms with van der Waals surface area (Å²) in [6.07, 6.45) is 3.23. The molecule has 0 spiro atoms. The maximum atomic E-state index is 9.83. The van der Waals surface area contributed by atoms with Crippen molar-refractivity contribution >= 4 is 23.4 Å². The van der Waals surface area contributed by atoms with Crippen molar-refractivity contribution < 1.29 is 9.47 Å². The Labute approximate surface area is 183 Å². The first-order valence-electron chi connectivity index (χ1n) is 8.82. The summed E-state index contributed by atoms with van der Waals surface area (Å²) in [5.74, 6) is 1.06. The molecule has 0 saturated heterocycles. The van der Waals surface area contributed by atoms with Gasteiger partial charge in [-0.15, -0.1) is 0 Å². The Bertz CT molecular complexity index is 1100. The van der Waals surface area contributed by atoms with Crippen molar-refractivity contribution in [3.63, 3.8) is 0 Å². The van der Waals surface area contributed by atoms with E-state index < -0.39 is 0 Å². The van der Waals surface area contributed by atoms with Crippen LogP contribution in [-0.2, 0) is 10.5 Å². The summed E-state index contributed by atoms with van der Waals surface area (Å²) in [6.45, 7) is 0.843. The summed E-state index contributed by atoms with van der Waals surface area (Å²) in [5, 5.41) is 19.9. The van der Waals surface area contributed by atoms with Gasteiger partial charge in [0, 0.05) is 24.6 Å². The third-order valence-electron chi connectivity index (χ3n) is 3.98. The summed E-state index contributed by atoms with van der Waals surface area (Å²) in [5.41, 5.74) is 1.98. The first kappa shape index (κ1) is 21.5. The highest BCUT2D eigenvalue weighted by atomic mass is 35.5. The molecule has 0 aliphatic carbocycles. The van der Waals surface area contributed by atoms with Crippen LogP contribution in [0.25, 0.3) is 11.3 Å². The molecule has 3 rings (SSSR count). The zero-order valence-corrected chi connectivity index (χ0v) is 17.6. The van der Waals surface area contributed by atoms with E-state index in [0.717, 1.165) is 5.69 Å². The topological polar surface area (TPSA) is 105 Å². The van der Waals surface area contributed by atoms with E-state index in [0.29, 0.717) is 41.0 Å². The Morgan fingerprint density at radius 2 is 1.90 bits per heavy atom. The fourth-order valence-electron chi connectivity index (χ4n) is 2.58. The molecule has 7 nitrogen and oxygen atoms in total. The molecule has 3 aromatic heterocycles. The van der Waals surface area contributed by atoms with Gasteiger partial charge in [0.05, 0.1) is 29.8 Å². The summed E-state index contributed by atoms with van der Waals surface area (Å²) < 4.78 is 10.5. The van der Waals surface area contributed by atoms with E-state index in [2.05, 4.69) is 21.0 Å². The molecule has 0 amide bonds. The summed E-state index contributed by atoms with van der Waals surface area (Å²) in [4.78, 5) is 12.9. The Hall–Kier alpha value is -3.17. The lowest BCUT2D eigenvalue weighted by Gasteiger charge is -2.12. The molecule has 0 aliphatic rings. The van der Waals surface area contributed by atoms with Crippen LogP contribution in [0.4, 0.5) is 0 Å². The van der Waals surface area contributed by atoms with Crippen LogP contribution < -0.4 is 4.74 Å². The van der Waals surface area contributed by atoms with Crippen LogP contribution in [0.15, 0.2) is 47.8 Å². The number of nitriles is 2. The Morgan fingerprint density at radius 1 is 1.07 bits per heavy atom. The molecule has 30 heavy (non-hydrogen) atoms. The molecule has 0 radical (unpaired) electrons. The maximum Gasteiger partial charge on any atom is 0.148 e. The molecule has 0 aliphatic heterocycles. The van der Waals surface area contributed by atoms with Crippen LogP contribution in [-0.4, -0.2) is 35.3 Å². The average molecular weight is 438 g/mol. The minimum absolute atomic E-state index is 0.0252. The second kappa shape index (κ2) is 10.6. The predicted molar refractivity (Wildman–Crippen MR) is 113 cm³/mol. The van der Waals surface area contributed by atoms with Gasteiger partial charge in [-0.25, -0.2) is 4.98 Å². The lowest BCUT2D eigenvalue weighted by Crippen LogP contribution is -2.04. The van der Waals surface area contributed by atoms with Crippen LogP contribution in [0.2, 0.25) is 5.15 Å². The van der Waals surface area contributed by atoms with E-state index in [1.54, 1.807) is 25.4 Å². The van der Waals surface area contributed by atoms with E-state index in [1.807, 2.05) is 24.3 Å². The number of hydrogen-bond donors (Lipinski definition) is 0. The van der Waals surface area contributed by atoms with Gasteiger partial charge in [-0.1, -0.05) is 29.4 Å². The lowest BCUT2D eigenvalue weighted by atomic mass is 10.0. The van der Waals surface area contributed by atoms with Crippen molar-refractivity contribution in [3.05, 3.63) is 64.7 Å². The second-order valence-corrected chi connectivity index (χ2v) is 7.21. The number of thioether (sulfide) groups is 1. The van der Waals surface area contributed by atoms with Gasteiger partial charge in [-0.05, 0) is 24.3 Å². The smallest absolute Gasteiger partial charge is 0.148 e. The molecule has 9 heteroatoms. The van der Waals surface area contributed by atoms with Crippen molar-refractivity contribution in [3.8, 4) is 29.1 Å². The largest absolute Gasteiger partial charge is 0.490 e. The first-order chi connectivity index (χ1) is 14.7. The van der Waals surface area contributed by atoms with Gasteiger partial charge in [0.15, 0.2) is 0 Å². The van der Waals surface area contributed by atoms with Gasteiger partial charge in [0.25, 0.3) is 0 Å². The molecule has 0 atom stereocenters. The van der Waals surface area contributed by atoms with Crippen molar-refractivity contribution in [2.75, 3.05) is 20.3 Å². The Morgan fingerprint density at radius 3 is 2.53 bits per heavy atom. The number of pyridine rings is 3. The third kappa shape index (κ3) is 5.05. The number of ether oxygens (including phenoxy) is 2. The fraction of sp³-hybridized carbons (Fsp3) is 0.190. The molecule has 0 aromatic carbocycles. The summed E-state index contributed by atoms with van der Waals surface area (Å²) in [7, 11) is 1.59. The highest BCUT2D eigenvalue weighted by Gasteiger charge is 2.22. The number of nitrogens with zero attached hydrogens (tertiary/aromatic N) is 5. The van der Waals surface area contributed by atoms with Crippen LogP contribution in [0.3, 0.4) is 0 Å². The minimum Gasteiger partial charge on any atom is -0.490 e. The molecule has 0 saturated carbocycles. The van der Waals surface area contributed by atoms with Crippen LogP contribution in [0, 0.1) is 22.7 Å². The zero-order valence-electron chi connectivity index (χ0n) is 16.0. The highest BCUT2D eigenvalue weighted by Crippen LogP contribution is 2.36. The van der Waals surface area contributed by atoms with Crippen LogP contribution in [0.1, 0.15) is 16.8 Å². The summed E-state index contributed by atoms with van der Waals surface area (Å²) >= 11 is 7.60. The minimum atomic E-state index is 0.0252. The maximum absolute atomic E-state index is 9.83. The number of methoxy groups -OCH3 is 1. The molecular formula is C21H16ClN5O2S. The highest BCUT2D eigenvalue weighted by molar-refractivity contribution is 7.98. The van der Waals surface area contributed by atoms with E-state index in [9.17, 15) is 10.5 Å². The summed E-state index contributed by atoms with van der Waals surface area (Å²) in [6, 6.07) is 13.2. The first-order valence-corrected chi connectivity index (χ1v) is 10.2. The lowest BCUT2D eigenvalue weighted by molar-refractivity contribution is 0.146. The number of hydrogen-bond acceptors (Lipinski definition) is 8. The number of aromatic nitrogens is 3. The van der Waals surface area contributed by atoms with Gasteiger partial charge in [0.1, 0.15) is 40.2 Å². The monoisotopic (exact) mass is 437 g/mol. The average Bonchev–Trinajstić information content (AvgIpc) is 2.78. The van der Waals surface area contributed by atoms with Crippen LogP contribution >= 0.6 is 23.4 Å². The van der Waals surface area contributed by atoms with E-state index in [1.165, 1.54) is 18.0 Å². The van der Waals surface area contributed by atoms with Crippen LogP contribution in [0.5, 0.6) is 5.75 Å². The van der Waals surface area contributed by atoms with Crippen molar-refractivity contribution in [1.29, 1.82) is 10.5 Å². The van der Waals surface area contributed by atoms with Gasteiger partial charge >= 0.3 is 0 Å². The molecular weight excluding hydrogens is 422 g/mol. The number of halogens is 1. The van der Waals surface area contributed by atoms with E-state index >= 15 is 0 Å². The van der Waals surface area contributed by atoms with Gasteiger partial charge < -0.3 is 9.47 Å². The molecule has 3 heterocycles. The Balaban J connectivity index is 1.97. The third-order valence-corrected chi connectivity index (χ3v) is 5.26. The fourth-order valence-corrected chi connectivity index (χ4v) is 3.76. The molecule has 3 aromatic rings.